The number of aromatic nitrogens is 6. The van der Waals surface area contributed by atoms with Crippen molar-refractivity contribution in [2.24, 2.45) is 0 Å². The molecule has 7 nitrogen and oxygen atoms in total. The van der Waals surface area contributed by atoms with Gasteiger partial charge in [-0.2, -0.15) is 8.97 Å². The molecule has 0 saturated heterocycles. The lowest BCUT2D eigenvalue weighted by atomic mass is 9.84. The highest BCUT2D eigenvalue weighted by Crippen LogP contribution is 2.55. The van der Waals surface area contributed by atoms with Crippen LogP contribution in [0.5, 0.6) is 11.5 Å². The first-order valence-electron chi connectivity index (χ1n) is 11.6. The Kier molecular flexibility index (Phi) is 2.43. The van der Waals surface area contributed by atoms with Crippen molar-refractivity contribution in [3.8, 4) is 22.8 Å². The van der Waals surface area contributed by atoms with E-state index in [1.807, 2.05) is 6.20 Å². The van der Waals surface area contributed by atoms with Crippen molar-refractivity contribution >= 4 is 38.6 Å². The molecule has 7 heteroatoms. The standard InChI is InChI=1S/C28H14N6O/c1-2-12-32-18(5-1)15-4-3-6-20-22(15)28(32)23-21(35-20)8-7-16-24-25(31-10-9-30-24)19-14-17-27(34(19)26(16)23)33(28)13-11-29-17/h1-14H/q+2. The van der Waals surface area contributed by atoms with Crippen LogP contribution in [-0.2, 0) is 5.66 Å². The van der Waals surface area contributed by atoms with Gasteiger partial charge in [0.2, 0.25) is 5.69 Å². The number of hydrogen-bond acceptors (Lipinski definition) is 4. The Morgan fingerprint density at radius 2 is 1.69 bits per heavy atom. The summed E-state index contributed by atoms with van der Waals surface area (Å²) in [5.74, 6) is 1.74. The first-order valence-corrected chi connectivity index (χ1v) is 11.6. The van der Waals surface area contributed by atoms with Crippen LogP contribution in [0.15, 0.2) is 85.6 Å². The van der Waals surface area contributed by atoms with Gasteiger partial charge in [0.15, 0.2) is 28.3 Å². The van der Waals surface area contributed by atoms with E-state index in [1.54, 1.807) is 12.4 Å². The van der Waals surface area contributed by atoms with E-state index in [9.17, 15) is 0 Å². The number of ether oxygens (including phenoxy) is 1. The number of nitrogens with zero attached hydrogens (tertiary/aromatic N) is 6. The first-order chi connectivity index (χ1) is 17.4. The van der Waals surface area contributed by atoms with Gasteiger partial charge in [-0.3, -0.25) is 4.98 Å². The minimum atomic E-state index is -0.645. The highest BCUT2D eigenvalue weighted by molar-refractivity contribution is 6.13. The van der Waals surface area contributed by atoms with Crippen LogP contribution in [0.1, 0.15) is 11.1 Å². The van der Waals surface area contributed by atoms with Gasteiger partial charge in [-0.05, 0) is 30.3 Å². The Labute approximate surface area is 197 Å². The van der Waals surface area contributed by atoms with E-state index in [0.717, 1.165) is 66.9 Å². The molecule has 1 unspecified atom stereocenters. The monoisotopic (exact) mass is 450 g/mol. The quantitative estimate of drug-likeness (QED) is 0.260. The van der Waals surface area contributed by atoms with Gasteiger partial charge in [0.05, 0.1) is 17.1 Å². The van der Waals surface area contributed by atoms with Gasteiger partial charge >= 0.3 is 11.3 Å². The molecule has 7 aromatic rings. The van der Waals surface area contributed by atoms with E-state index in [4.69, 9.17) is 19.7 Å². The molecule has 35 heavy (non-hydrogen) atoms. The van der Waals surface area contributed by atoms with Crippen molar-refractivity contribution in [3.63, 3.8) is 0 Å². The van der Waals surface area contributed by atoms with Crippen LogP contribution < -0.4 is 13.9 Å². The fraction of sp³-hybridized carbons (Fsp3) is 0.0357. The molecule has 3 aliphatic heterocycles. The molecule has 1 atom stereocenters. The topological polar surface area (TPSA) is 60.1 Å². The first kappa shape index (κ1) is 16.7. The second kappa shape index (κ2) is 5.10. The number of fused-ring (bicyclic) bond motifs is 5. The van der Waals surface area contributed by atoms with E-state index in [0.29, 0.717) is 0 Å². The fourth-order valence-electron chi connectivity index (χ4n) is 6.84. The molecule has 0 N–H and O–H groups in total. The average Bonchev–Trinajstić information content (AvgIpc) is 3.45. The lowest BCUT2D eigenvalue weighted by Gasteiger charge is -2.33. The van der Waals surface area contributed by atoms with Gasteiger partial charge in [-0.1, -0.05) is 6.07 Å². The lowest BCUT2D eigenvalue weighted by molar-refractivity contribution is -0.954. The molecule has 5 aromatic heterocycles. The SMILES string of the molecule is c1cc2c3c(c1)-c1cccc[n+]1C31c3c(ccc4c5nccnc5c5cc6ncc[n+]1c6n5c34)O2. The van der Waals surface area contributed by atoms with Gasteiger partial charge < -0.3 is 4.74 Å². The minimum Gasteiger partial charge on any atom is -0.456 e. The van der Waals surface area contributed by atoms with Crippen molar-refractivity contribution in [2.75, 3.05) is 0 Å². The zero-order chi connectivity index (χ0) is 22.5. The summed E-state index contributed by atoms with van der Waals surface area (Å²) < 4.78 is 13.7. The third kappa shape index (κ3) is 1.53. The summed E-state index contributed by atoms with van der Waals surface area (Å²) in [6.45, 7) is 0. The van der Waals surface area contributed by atoms with E-state index >= 15 is 0 Å². The molecule has 0 amide bonds. The summed E-state index contributed by atoms with van der Waals surface area (Å²) in [6, 6.07) is 19.1. The normalized spacial score (nSPS) is 18.1. The molecular weight excluding hydrogens is 436 g/mol. The third-order valence-electron chi connectivity index (χ3n) is 7.95. The van der Waals surface area contributed by atoms with Crippen molar-refractivity contribution in [2.45, 2.75) is 5.66 Å². The van der Waals surface area contributed by atoms with E-state index < -0.39 is 5.66 Å². The van der Waals surface area contributed by atoms with Crippen LogP contribution in [0.2, 0.25) is 0 Å². The van der Waals surface area contributed by atoms with Crippen molar-refractivity contribution in [1.29, 1.82) is 0 Å². The zero-order valence-corrected chi connectivity index (χ0v) is 18.2. The van der Waals surface area contributed by atoms with Crippen LogP contribution in [-0.4, -0.2) is 19.4 Å². The van der Waals surface area contributed by atoms with E-state index in [1.165, 1.54) is 5.56 Å². The van der Waals surface area contributed by atoms with E-state index in [2.05, 4.69) is 80.5 Å². The smallest absolute Gasteiger partial charge is 0.375 e. The molecule has 10 rings (SSSR count). The molecular formula is C28H14N6O+2. The van der Waals surface area contributed by atoms with Gasteiger partial charge in [-0.15, -0.1) is 4.57 Å². The molecule has 160 valence electrons. The third-order valence-corrected chi connectivity index (χ3v) is 7.95. The second-order valence-electron chi connectivity index (χ2n) is 9.37. The highest BCUT2D eigenvalue weighted by Gasteiger charge is 2.67. The Morgan fingerprint density at radius 3 is 2.66 bits per heavy atom. The fourth-order valence-corrected chi connectivity index (χ4v) is 6.84. The van der Waals surface area contributed by atoms with Gasteiger partial charge in [0.25, 0.3) is 0 Å². The molecule has 0 radical (unpaired) electrons. The summed E-state index contributed by atoms with van der Waals surface area (Å²) in [6.07, 6.45) is 9.71. The molecule has 0 saturated carbocycles. The number of hydrogen-bond donors (Lipinski definition) is 0. The Bertz CT molecular complexity index is 2160. The highest BCUT2D eigenvalue weighted by atomic mass is 16.5. The Hall–Kier alpha value is -4.91. The molecule has 0 fully saturated rings. The summed E-state index contributed by atoms with van der Waals surface area (Å²) in [5, 5.41) is 1.06. The predicted molar refractivity (Wildman–Crippen MR) is 127 cm³/mol. The van der Waals surface area contributed by atoms with Crippen LogP contribution in [0.25, 0.3) is 49.9 Å². The maximum Gasteiger partial charge on any atom is 0.375 e. The molecule has 8 heterocycles. The van der Waals surface area contributed by atoms with Crippen LogP contribution in [0.3, 0.4) is 0 Å². The maximum atomic E-state index is 6.64. The van der Waals surface area contributed by atoms with Crippen molar-refractivity contribution in [3.05, 3.63) is 96.7 Å². The van der Waals surface area contributed by atoms with Crippen LogP contribution in [0, 0.1) is 0 Å². The van der Waals surface area contributed by atoms with Gasteiger partial charge in [-0.25, -0.2) is 9.97 Å². The largest absolute Gasteiger partial charge is 0.456 e. The van der Waals surface area contributed by atoms with E-state index in [-0.39, 0.29) is 0 Å². The molecule has 3 aliphatic rings. The maximum absolute atomic E-state index is 6.64. The van der Waals surface area contributed by atoms with Crippen molar-refractivity contribution < 1.29 is 13.9 Å². The molecule has 0 aliphatic carbocycles. The molecule has 2 aromatic carbocycles. The molecule has 1 spiro atoms. The zero-order valence-electron chi connectivity index (χ0n) is 18.2. The Balaban J connectivity index is 1.61. The molecule has 0 bridgehead atoms. The Morgan fingerprint density at radius 1 is 0.771 bits per heavy atom. The summed E-state index contributed by atoms with van der Waals surface area (Å²) in [7, 11) is 0. The number of benzene rings is 2. The van der Waals surface area contributed by atoms with Gasteiger partial charge in [0, 0.05) is 30.6 Å². The minimum absolute atomic E-state index is 0.645. The lowest BCUT2D eigenvalue weighted by Crippen LogP contribution is -2.74. The summed E-state index contributed by atoms with van der Waals surface area (Å²) in [5.41, 5.74) is 9.79. The van der Waals surface area contributed by atoms with Gasteiger partial charge in [0.1, 0.15) is 34.3 Å². The second-order valence-corrected chi connectivity index (χ2v) is 9.37. The summed E-state index contributed by atoms with van der Waals surface area (Å²) >= 11 is 0. The van der Waals surface area contributed by atoms with Crippen molar-refractivity contribution in [1.82, 2.24) is 19.4 Å². The summed E-state index contributed by atoms with van der Waals surface area (Å²) in [4.78, 5) is 14.3. The predicted octanol–water partition coefficient (Wildman–Crippen LogP) is 3.86. The number of rotatable bonds is 0. The number of pyridine rings is 2. The average molecular weight is 450 g/mol. The van der Waals surface area contributed by atoms with Crippen LogP contribution >= 0.6 is 0 Å². The van der Waals surface area contributed by atoms with Crippen LogP contribution in [0.4, 0.5) is 0 Å².